The SMILES string of the molecule is COc1ccccc1NS(=O)(=O)c1cc(C(=O)NCCC(=O)N2CCCC(C)C2)ccc1C. The van der Waals surface area contributed by atoms with E-state index < -0.39 is 15.9 Å². The van der Waals surface area contributed by atoms with Crippen LogP contribution in [-0.2, 0) is 14.8 Å². The van der Waals surface area contributed by atoms with Crippen LogP contribution in [0.5, 0.6) is 5.75 Å². The molecule has 1 aliphatic rings. The maximum absolute atomic E-state index is 13.0. The number of rotatable bonds is 8. The van der Waals surface area contributed by atoms with Crippen molar-refractivity contribution in [1.29, 1.82) is 0 Å². The average molecular weight is 474 g/mol. The molecular formula is C24H31N3O5S. The number of likely N-dealkylation sites (tertiary alicyclic amines) is 1. The Hall–Kier alpha value is -3.07. The number of carbonyl (C=O) groups excluding carboxylic acids is 2. The minimum atomic E-state index is -3.96. The Morgan fingerprint density at radius 2 is 1.94 bits per heavy atom. The Morgan fingerprint density at radius 3 is 2.67 bits per heavy atom. The first-order chi connectivity index (χ1) is 15.7. The van der Waals surface area contributed by atoms with Gasteiger partial charge in [-0.2, -0.15) is 0 Å². The molecule has 2 aromatic rings. The number of para-hydroxylation sites is 2. The molecule has 1 fully saturated rings. The summed E-state index contributed by atoms with van der Waals surface area (Å²) in [6, 6.07) is 11.2. The third kappa shape index (κ3) is 6.25. The molecular weight excluding hydrogens is 442 g/mol. The summed E-state index contributed by atoms with van der Waals surface area (Å²) < 4.78 is 33.8. The summed E-state index contributed by atoms with van der Waals surface area (Å²) in [6.07, 6.45) is 2.35. The highest BCUT2D eigenvalue weighted by Crippen LogP contribution is 2.27. The van der Waals surface area contributed by atoms with Crippen LogP contribution in [-0.4, -0.2) is 51.9 Å². The second-order valence-electron chi connectivity index (χ2n) is 8.38. The number of benzene rings is 2. The lowest BCUT2D eigenvalue weighted by atomic mass is 10.00. The molecule has 1 atom stereocenters. The van der Waals surface area contributed by atoms with E-state index in [0.717, 1.165) is 25.9 Å². The summed E-state index contributed by atoms with van der Waals surface area (Å²) in [7, 11) is -2.50. The fourth-order valence-electron chi connectivity index (χ4n) is 3.92. The molecule has 1 unspecified atom stereocenters. The van der Waals surface area contributed by atoms with Crippen molar-refractivity contribution < 1.29 is 22.7 Å². The Bertz CT molecular complexity index is 1120. The summed E-state index contributed by atoms with van der Waals surface area (Å²) in [4.78, 5) is 26.9. The molecule has 1 saturated heterocycles. The number of anilines is 1. The van der Waals surface area contributed by atoms with Crippen LogP contribution >= 0.6 is 0 Å². The minimum Gasteiger partial charge on any atom is -0.495 e. The number of nitrogens with zero attached hydrogens (tertiary/aromatic N) is 1. The molecule has 33 heavy (non-hydrogen) atoms. The monoisotopic (exact) mass is 473 g/mol. The number of piperidine rings is 1. The van der Waals surface area contributed by atoms with E-state index in [1.807, 2.05) is 4.90 Å². The normalized spacial score (nSPS) is 16.2. The highest BCUT2D eigenvalue weighted by atomic mass is 32.2. The number of sulfonamides is 1. The molecule has 1 aliphatic heterocycles. The molecule has 1 heterocycles. The number of aryl methyl sites for hydroxylation is 1. The lowest BCUT2D eigenvalue weighted by Crippen LogP contribution is -2.40. The first-order valence-corrected chi connectivity index (χ1v) is 12.5. The smallest absolute Gasteiger partial charge is 0.262 e. The first-order valence-electron chi connectivity index (χ1n) is 11.0. The van der Waals surface area contributed by atoms with Gasteiger partial charge in [-0.15, -0.1) is 0 Å². The van der Waals surface area contributed by atoms with Gasteiger partial charge in [0.15, 0.2) is 0 Å². The summed E-state index contributed by atoms with van der Waals surface area (Å²) in [6.45, 7) is 5.50. The van der Waals surface area contributed by atoms with Crippen molar-refractivity contribution in [1.82, 2.24) is 10.2 Å². The summed E-state index contributed by atoms with van der Waals surface area (Å²) in [5, 5.41) is 2.72. The van der Waals surface area contributed by atoms with E-state index in [-0.39, 0.29) is 29.3 Å². The van der Waals surface area contributed by atoms with Gasteiger partial charge in [-0.25, -0.2) is 8.42 Å². The van der Waals surface area contributed by atoms with Crippen molar-refractivity contribution in [3.63, 3.8) is 0 Å². The third-order valence-corrected chi connectivity index (χ3v) is 7.23. The van der Waals surface area contributed by atoms with Gasteiger partial charge < -0.3 is 15.0 Å². The molecule has 2 aromatic carbocycles. The standard InChI is InChI=1S/C24H31N3O5S/c1-17-7-6-14-27(16-17)23(28)12-13-25-24(29)19-11-10-18(2)22(15-19)33(30,31)26-20-8-4-5-9-21(20)32-3/h4-5,8-11,15,17,26H,6-7,12-14,16H2,1-3H3,(H,25,29). The van der Waals surface area contributed by atoms with Gasteiger partial charge in [0.2, 0.25) is 5.91 Å². The fraction of sp³-hybridized carbons (Fsp3) is 0.417. The second kappa shape index (κ2) is 10.7. The number of ether oxygens (including phenoxy) is 1. The van der Waals surface area contributed by atoms with Crippen LogP contribution < -0.4 is 14.8 Å². The van der Waals surface area contributed by atoms with Gasteiger partial charge in [-0.1, -0.05) is 25.1 Å². The maximum atomic E-state index is 13.0. The van der Waals surface area contributed by atoms with Gasteiger partial charge in [0, 0.05) is 31.6 Å². The van der Waals surface area contributed by atoms with Crippen LogP contribution in [0.1, 0.15) is 42.1 Å². The van der Waals surface area contributed by atoms with Gasteiger partial charge in [-0.3, -0.25) is 14.3 Å². The number of amides is 2. The highest BCUT2D eigenvalue weighted by Gasteiger charge is 2.22. The lowest BCUT2D eigenvalue weighted by Gasteiger charge is -2.31. The Balaban J connectivity index is 1.66. The van der Waals surface area contributed by atoms with Crippen LogP contribution in [0.15, 0.2) is 47.4 Å². The summed E-state index contributed by atoms with van der Waals surface area (Å²) >= 11 is 0. The average Bonchev–Trinajstić information content (AvgIpc) is 2.79. The van der Waals surface area contributed by atoms with Gasteiger partial charge in [0.25, 0.3) is 15.9 Å². The predicted molar refractivity (Wildman–Crippen MR) is 127 cm³/mol. The van der Waals surface area contributed by atoms with Gasteiger partial charge in [0.05, 0.1) is 17.7 Å². The van der Waals surface area contributed by atoms with Crippen molar-refractivity contribution in [2.45, 2.75) is 38.0 Å². The van der Waals surface area contributed by atoms with Crippen LogP contribution in [0.2, 0.25) is 0 Å². The van der Waals surface area contributed by atoms with Gasteiger partial charge in [-0.05, 0) is 55.5 Å². The molecule has 2 amide bonds. The molecule has 0 aliphatic carbocycles. The van der Waals surface area contributed by atoms with E-state index in [9.17, 15) is 18.0 Å². The molecule has 0 spiro atoms. The Kier molecular flexibility index (Phi) is 7.97. The maximum Gasteiger partial charge on any atom is 0.262 e. The van der Waals surface area contributed by atoms with Crippen LogP contribution in [0.4, 0.5) is 5.69 Å². The highest BCUT2D eigenvalue weighted by molar-refractivity contribution is 7.92. The molecule has 3 rings (SSSR count). The van der Waals surface area contributed by atoms with E-state index in [1.165, 1.54) is 13.2 Å². The summed E-state index contributed by atoms with van der Waals surface area (Å²) in [5.74, 6) is 0.480. The quantitative estimate of drug-likeness (QED) is 0.613. The molecule has 0 bridgehead atoms. The molecule has 8 nitrogen and oxygen atoms in total. The van der Waals surface area contributed by atoms with E-state index in [4.69, 9.17) is 4.74 Å². The molecule has 0 aromatic heterocycles. The number of nitrogens with one attached hydrogen (secondary N) is 2. The van der Waals surface area contributed by atoms with E-state index in [0.29, 0.717) is 22.9 Å². The van der Waals surface area contributed by atoms with Crippen LogP contribution in [0.25, 0.3) is 0 Å². The van der Waals surface area contributed by atoms with Crippen LogP contribution in [0, 0.1) is 12.8 Å². The van der Waals surface area contributed by atoms with Crippen LogP contribution in [0.3, 0.4) is 0 Å². The molecule has 9 heteroatoms. The van der Waals surface area contributed by atoms with E-state index >= 15 is 0 Å². The zero-order valence-electron chi connectivity index (χ0n) is 19.3. The lowest BCUT2D eigenvalue weighted by molar-refractivity contribution is -0.132. The molecule has 0 radical (unpaired) electrons. The van der Waals surface area contributed by atoms with Crippen molar-refractivity contribution >= 4 is 27.5 Å². The largest absolute Gasteiger partial charge is 0.495 e. The molecule has 0 saturated carbocycles. The zero-order valence-corrected chi connectivity index (χ0v) is 20.1. The number of methoxy groups -OCH3 is 1. The van der Waals surface area contributed by atoms with Crippen molar-refractivity contribution in [3.8, 4) is 5.75 Å². The first kappa shape index (κ1) is 24.6. The number of hydrogen-bond donors (Lipinski definition) is 2. The van der Waals surface area contributed by atoms with Gasteiger partial charge >= 0.3 is 0 Å². The number of hydrogen-bond acceptors (Lipinski definition) is 5. The predicted octanol–water partition coefficient (Wildman–Crippen LogP) is 3.18. The Morgan fingerprint density at radius 1 is 1.18 bits per heavy atom. The summed E-state index contributed by atoms with van der Waals surface area (Å²) in [5.41, 5.74) is 1.02. The van der Waals surface area contributed by atoms with Crippen molar-refractivity contribution in [2.75, 3.05) is 31.5 Å². The topological polar surface area (TPSA) is 105 Å². The second-order valence-corrected chi connectivity index (χ2v) is 10.0. The number of carbonyl (C=O) groups is 2. The third-order valence-electron chi connectivity index (χ3n) is 5.73. The van der Waals surface area contributed by atoms with Crippen molar-refractivity contribution in [3.05, 3.63) is 53.6 Å². The zero-order chi connectivity index (χ0) is 24.0. The van der Waals surface area contributed by atoms with E-state index in [2.05, 4.69) is 17.0 Å². The fourth-order valence-corrected chi connectivity index (χ4v) is 5.26. The Labute approximate surface area is 195 Å². The molecule has 178 valence electrons. The van der Waals surface area contributed by atoms with Crippen molar-refractivity contribution in [2.24, 2.45) is 5.92 Å². The van der Waals surface area contributed by atoms with Gasteiger partial charge in [0.1, 0.15) is 5.75 Å². The minimum absolute atomic E-state index is 0.000521. The van der Waals surface area contributed by atoms with E-state index in [1.54, 1.807) is 43.3 Å². The molecule has 2 N–H and O–H groups in total.